The summed E-state index contributed by atoms with van der Waals surface area (Å²) < 4.78 is 27.9. The van der Waals surface area contributed by atoms with Gasteiger partial charge in [0.25, 0.3) is 0 Å². The summed E-state index contributed by atoms with van der Waals surface area (Å²) >= 11 is 0. The van der Waals surface area contributed by atoms with Crippen LogP contribution in [-0.4, -0.2) is 46.8 Å². The van der Waals surface area contributed by atoms with E-state index >= 15 is 0 Å². The minimum Gasteiger partial charge on any atom is -0.488 e. The zero-order valence-corrected chi connectivity index (χ0v) is 20.7. The molecule has 1 N–H and O–H groups in total. The Kier molecular flexibility index (Phi) is 5.61. The number of imidazole rings is 1. The molecule has 0 spiro atoms. The molecule has 3 aromatic carbocycles. The predicted octanol–water partition coefficient (Wildman–Crippen LogP) is 5.20. The Morgan fingerprint density at radius 1 is 1.08 bits per heavy atom. The Labute approximate surface area is 219 Å². The molecule has 2 fully saturated rings. The van der Waals surface area contributed by atoms with E-state index in [1.807, 2.05) is 24.3 Å². The first-order chi connectivity index (χ1) is 18.7. The number of anilines is 1. The maximum atomic E-state index is 14.1. The molecule has 1 aromatic heterocycles. The van der Waals surface area contributed by atoms with Crippen molar-refractivity contribution in [3.05, 3.63) is 88.7 Å². The summed E-state index contributed by atoms with van der Waals surface area (Å²) in [7, 11) is 0. The quantitative estimate of drug-likeness (QED) is 0.304. The molecule has 0 bridgehead atoms. The average Bonchev–Trinajstić information content (AvgIpc) is 3.47. The fourth-order valence-corrected chi connectivity index (χ4v) is 6.08. The number of benzene rings is 3. The van der Waals surface area contributed by atoms with Crippen molar-refractivity contribution in [1.29, 1.82) is 5.26 Å². The number of halogens is 1. The molecule has 0 radical (unpaired) electrons. The van der Waals surface area contributed by atoms with Crippen molar-refractivity contribution >= 4 is 28.6 Å². The maximum absolute atomic E-state index is 14.1. The lowest BCUT2D eigenvalue weighted by Gasteiger charge is -2.28. The van der Waals surface area contributed by atoms with E-state index in [1.54, 1.807) is 6.07 Å². The monoisotopic (exact) mass is 507 g/mol. The van der Waals surface area contributed by atoms with Crippen molar-refractivity contribution in [3.63, 3.8) is 0 Å². The minimum absolute atomic E-state index is 0.208. The van der Waals surface area contributed by atoms with Gasteiger partial charge in [0.15, 0.2) is 6.19 Å². The highest BCUT2D eigenvalue weighted by molar-refractivity contribution is 5.96. The van der Waals surface area contributed by atoms with Crippen molar-refractivity contribution in [1.82, 2.24) is 14.5 Å². The first-order valence-electron chi connectivity index (χ1n) is 12.9. The van der Waals surface area contributed by atoms with Crippen LogP contribution in [0.25, 0.3) is 22.7 Å². The molecule has 3 aliphatic rings. The summed E-state index contributed by atoms with van der Waals surface area (Å²) in [4.78, 5) is 7.29. The Bertz CT molecular complexity index is 1610. The van der Waals surface area contributed by atoms with E-state index in [0.29, 0.717) is 24.3 Å². The predicted molar refractivity (Wildman–Crippen MR) is 143 cm³/mol. The van der Waals surface area contributed by atoms with Crippen LogP contribution in [-0.2, 0) is 11.3 Å². The zero-order valence-electron chi connectivity index (χ0n) is 20.7. The molecule has 3 aliphatic heterocycles. The molecule has 0 saturated carbocycles. The van der Waals surface area contributed by atoms with Crippen LogP contribution in [0.15, 0.2) is 60.7 Å². The Balaban J connectivity index is 1.33. The summed E-state index contributed by atoms with van der Waals surface area (Å²) in [6.07, 6.45) is 5.12. The number of rotatable bonds is 3. The summed E-state index contributed by atoms with van der Waals surface area (Å²) in [5.74, 6) is 0.764. The van der Waals surface area contributed by atoms with Gasteiger partial charge in [-0.1, -0.05) is 30.3 Å². The lowest BCUT2D eigenvalue weighted by atomic mass is 9.92. The first kappa shape index (κ1) is 23.0. The van der Waals surface area contributed by atoms with E-state index in [9.17, 15) is 9.65 Å². The second-order valence-corrected chi connectivity index (χ2v) is 10.0. The van der Waals surface area contributed by atoms with Gasteiger partial charge in [-0.3, -0.25) is 10.2 Å². The van der Waals surface area contributed by atoms with E-state index in [2.05, 4.69) is 45.3 Å². The van der Waals surface area contributed by atoms with Crippen LogP contribution in [0.2, 0.25) is 0 Å². The molecule has 190 valence electrons. The molecule has 2 saturated heterocycles. The fraction of sp³-hybridized carbons (Fsp3) is 0.267. The van der Waals surface area contributed by atoms with Gasteiger partial charge < -0.3 is 14.0 Å². The molecule has 4 aromatic rings. The normalized spacial score (nSPS) is 21.7. The molecule has 8 heteroatoms. The van der Waals surface area contributed by atoms with Crippen LogP contribution in [0.3, 0.4) is 0 Å². The molecular formula is C30H26FN5O2. The summed E-state index contributed by atoms with van der Waals surface area (Å²) in [6.45, 7) is 3.73. The van der Waals surface area contributed by atoms with Crippen LogP contribution >= 0.6 is 0 Å². The Hall–Kier alpha value is -4.19. The van der Waals surface area contributed by atoms with Crippen LogP contribution in [0.1, 0.15) is 34.7 Å². The number of ether oxygens (including phenoxy) is 2. The number of aromatic nitrogens is 2. The number of nitriles is 1. The van der Waals surface area contributed by atoms with Crippen LogP contribution in [0.5, 0.6) is 5.75 Å². The smallest absolute Gasteiger partial charge is 0.217 e. The zero-order chi connectivity index (χ0) is 25.6. The summed E-state index contributed by atoms with van der Waals surface area (Å²) in [6, 6.07) is 19.6. The Morgan fingerprint density at radius 3 is 2.89 bits per heavy atom. The number of fused-ring (bicyclic) bond motifs is 4. The molecule has 4 heterocycles. The first-order valence-corrected chi connectivity index (χ1v) is 12.9. The average molecular weight is 508 g/mol. The minimum atomic E-state index is -0.326. The highest BCUT2D eigenvalue weighted by Crippen LogP contribution is 2.39. The van der Waals surface area contributed by atoms with Crippen molar-refractivity contribution in [2.45, 2.75) is 25.1 Å². The summed E-state index contributed by atoms with van der Waals surface area (Å²) in [5, 5.41) is 12.2. The van der Waals surface area contributed by atoms with Crippen molar-refractivity contribution in [2.24, 2.45) is 0 Å². The van der Waals surface area contributed by atoms with Gasteiger partial charge >= 0.3 is 0 Å². The van der Waals surface area contributed by atoms with Crippen molar-refractivity contribution in [2.75, 3.05) is 31.6 Å². The van der Waals surface area contributed by atoms with Crippen molar-refractivity contribution < 1.29 is 13.9 Å². The Morgan fingerprint density at radius 2 is 2.00 bits per heavy atom. The van der Waals surface area contributed by atoms with Gasteiger partial charge in [0.2, 0.25) is 5.95 Å². The molecule has 7 rings (SSSR count). The molecule has 2 atom stereocenters. The third-order valence-electron chi connectivity index (χ3n) is 7.82. The third-order valence-corrected chi connectivity index (χ3v) is 7.82. The van der Waals surface area contributed by atoms with Gasteiger partial charge in [-0.15, -0.1) is 0 Å². The van der Waals surface area contributed by atoms with Crippen LogP contribution < -0.4 is 10.1 Å². The van der Waals surface area contributed by atoms with Crippen LogP contribution in [0.4, 0.5) is 10.3 Å². The van der Waals surface area contributed by atoms with Crippen LogP contribution in [0, 0.1) is 17.3 Å². The van der Waals surface area contributed by atoms with Gasteiger partial charge in [-0.05, 0) is 59.0 Å². The second kappa shape index (κ2) is 9.28. The van der Waals surface area contributed by atoms with E-state index in [-0.39, 0.29) is 11.9 Å². The number of morpholine rings is 1. The molecule has 0 aliphatic carbocycles. The topological polar surface area (TPSA) is 75.3 Å². The number of nitrogens with one attached hydrogen (secondary N) is 1. The fourth-order valence-electron chi connectivity index (χ4n) is 6.08. The van der Waals surface area contributed by atoms with Gasteiger partial charge in [-0.2, -0.15) is 5.26 Å². The lowest BCUT2D eigenvalue weighted by Crippen LogP contribution is -2.40. The number of nitrogens with zero attached hydrogens (tertiary/aromatic N) is 4. The molecule has 0 amide bonds. The lowest BCUT2D eigenvalue weighted by molar-refractivity contribution is 0.0128. The van der Waals surface area contributed by atoms with Gasteiger partial charge in [-0.25, -0.2) is 9.37 Å². The molecule has 7 nitrogen and oxygen atoms in total. The maximum Gasteiger partial charge on any atom is 0.217 e. The van der Waals surface area contributed by atoms with Gasteiger partial charge in [0.05, 0.1) is 30.3 Å². The SMILES string of the molecule is N#CNc1nc2cc(C=C3c4ccccc4COc4cc(F)ccc43)ccc2n1[C@H]1C[C@@H]2COCCN2C1. The standard InChI is InChI=1S/C30H26FN5O2/c31-21-6-7-25-26(24-4-2-1-3-20(24)16-38-29(25)13-21)11-19-5-8-28-27(12-19)34-30(33-18-32)36(28)22-14-23-17-37-10-9-35(23)15-22/h1-8,11-13,22-23H,9-10,14-17H2,(H,33,34)/t22-,23+/m0/s1. The van der Waals surface area contributed by atoms with E-state index in [1.165, 1.54) is 12.1 Å². The number of hydrogen-bond donors (Lipinski definition) is 1. The van der Waals surface area contributed by atoms with Gasteiger partial charge in [0.1, 0.15) is 18.2 Å². The third kappa shape index (κ3) is 3.92. The van der Waals surface area contributed by atoms with Gasteiger partial charge in [0, 0.05) is 30.8 Å². The van der Waals surface area contributed by atoms with E-state index < -0.39 is 0 Å². The largest absolute Gasteiger partial charge is 0.488 e. The van der Waals surface area contributed by atoms with E-state index in [0.717, 1.165) is 71.6 Å². The van der Waals surface area contributed by atoms with Crippen molar-refractivity contribution in [3.8, 4) is 11.9 Å². The van der Waals surface area contributed by atoms with E-state index in [4.69, 9.17) is 14.5 Å². The number of hydrogen-bond acceptors (Lipinski definition) is 6. The second-order valence-electron chi connectivity index (χ2n) is 10.0. The summed E-state index contributed by atoms with van der Waals surface area (Å²) in [5.41, 5.74) is 6.68. The highest BCUT2D eigenvalue weighted by Gasteiger charge is 2.36. The molecular weight excluding hydrogens is 481 g/mol. The molecule has 38 heavy (non-hydrogen) atoms. The molecule has 0 unspecified atom stereocenters. The highest BCUT2D eigenvalue weighted by atomic mass is 19.1.